The molecule has 1 atom stereocenters. The Hall–Kier alpha value is -2.73. The number of nitrogens with one attached hydrogen (secondary N) is 1. The monoisotopic (exact) mass is 399 g/mol. The number of carbonyl (C=O) groups excluding carboxylic acids is 2. The molecule has 2 aliphatic rings. The van der Waals surface area contributed by atoms with Crippen molar-refractivity contribution < 1.29 is 14.3 Å². The lowest BCUT2D eigenvalue weighted by atomic mass is 9.73. The Labute approximate surface area is 168 Å². The van der Waals surface area contributed by atoms with Crippen LogP contribution in [0.5, 0.6) is 0 Å². The largest absolute Gasteiger partial charge is 0.447 e. The highest BCUT2D eigenvalue weighted by atomic mass is 35.5. The fourth-order valence-corrected chi connectivity index (χ4v) is 4.29. The van der Waals surface area contributed by atoms with E-state index in [2.05, 4.69) is 19.2 Å². The maximum atomic E-state index is 12.0. The lowest BCUT2D eigenvalue weighted by molar-refractivity contribution is 0.100. The number of carbonyl (C=O) groups is 2. The summed E-state index contributed by atoms with van der Waals surface area (Å²) in [5.41, 5.74) is 9.31. The van der Waals surface area contributed by atoms with Crippen molar-refractivity contribution in [2.24, 2.45) is 5.73 Å². The van der Waals surface area contributed by atoms with E-state index in [4.69, 9.17) is 22.1 Å². The topological polar surface area (TPSA) is 84.7 Å². The average Bonchev–Trinajstić information content (AvgIpc) is 3.07. The van der Waals surface area contributed by atoms with Crippen LogP contribution in [-0.4, -0.2) is 25.2 Å². The van der Waals surface area contributed by atoms with Crippen LogP contribution in [0.4, 0.5) is 16.2 Å². The van der Waals surface area contributed by atoms with Gasteiger partial charge in [0.25, 0.3) is 5.91 Å². The molecule has 7 heteroatoms. The molecule has 0 spiro atoms. The maximum Gasteiger partial charge on any atom is 0.414 e. The van der Waals surface area contributed by atoms with Gasteiger partial charge in [-0.3, -0.25) is 9.69 Å². The van der Waals surface area contributed by atoms with Crippen molar-refractivity contribution in [1.29, 1.82) is 0 Å². The van der Waals surface area contributed by atoms with Crippen molar-refractivity contribution >= 4 is 35.0 Å². The van der Waals surface area contributed by atoms with E-state index in [9.17, 15) is 9.59 Å². The minimum atomic E-state index is -0.517. The van der Waals surface area contributed by atoms with Gasteiger partial charge in [0, 0.05) is 10.7 Å². The molecular weight excluding hydrogens is 378 g/mol. The van der Waals surface area contributed by atoms with Crippen LogP contribution in [0.15, 0.2) is 36.4 Å². The second-order valence-electron chi connectivity index (χ2n) is 7.89. The normalized spacial score (nSPS) is 20.3. The van der Waals surface area contributed by atoms with Crippen LogP contribution >= 0.6 is 11.6 Å². The molecule has 0 saturated carbocycles. The van der Waals surface area contributed by atoms with Gasteiger partial charge in [-0.1, -0.05) is 37.6 Å². The molecule has 6 nitrogen and oxygen atoms in total. The van der Waals surface area contributed by atoms with E-state index in [1.54, 1.807) is 11.0 Å². The SMILES string of the molecule is CC1(C)CC(c2cccc(N3CCOC3=O)c2)Nc2c(C(N)=O)cc(Cl)cc21. The molecule has 1 saturated heterocycles. The fourth-order valence-electron chi connectivity index (χ4n) is 4.07. The molecule has 1 unspecified atom stereocenters. The highest BCUT2D eigenvalue weighted by molar-refractivity contribution is 6.31. The van der Waals surface area contributed by atoms with E-state index in [0.29, 0.717) is 23.7 Å². The molecule has 2 aliphatic heterocycles. The summed E-state index contributed by atoms with van der Waals surface area (Å²) in [5, 5.41) is 3.98. The number of ether oxygens (including phenoxy) is 1. The third kappa shape index (κ3) is 3.18. The van der Waals surface area contributed by atoms with Crippen LogP contribution in [0.25, 0.3) is 0 Å². The van der Waals surface area contributed by atoms with Crippen molar-refractivity contribution in [3.05, 3.63) is 58.1 Å². The van der Waals surface area contributed by atoms with Gasteiger partial charge in [0.2, 0.25) is 0 Å². The molecule has 146 valence electrons. The summed E-state index contributed by atoms with van der Waals surface area (Å²) in [4.78, 5) is 25.5. The van der Waals surface area contributed by atoms with Crippen LogP contribution in [0.3, 0.4) is 0 Å². The van der Waals surface area contributed by atoms with Crippen molar-refractivity contribution in [1.82, 2.24) is 0 Å². The zero-order chi connectivity index (χ0) is 20.1. The number of cyclic esters (lactones) is 1. The molecule has 28 heavy (non-hydrogen) atoms. The maximum absolute atomic E-state index is 12.0. The molecule has 0 aromatic heterocycles. The molecule has 0 radical (unpaired) electrons. The van der Waals surface area contributed by atoms with Gasteiger partial charge in [-0.15, -0.1) is 0 Å². The van der Waals surface area contributed by atoms with Crippen LogP contribution in [0.1, 0.15) is 47.8 Å². The van der Waals surface area contributed by atoms with Crippen LogP contribution in [0, 0.1) is 0 Å². The quantitative estimate of drug-likeness (QED) is 0.808. The Kier molecular flexibility index (Phi) is 4.46. The van der Waals surface area contributed by atoms with Crippen LogP contribution in [-0.2, 0) is 10.2 Å². The summed E-state index contributed by atoms with van der Waals surface area (Å²) in [6, 6.07) is 11.3. The molecule has 0 aliphatic carbocycles. The standard InChI is InChI=1S/C21H22ClN3O3/c1-21(2)11-17(24-18-15(19(23)26)9-13(22)10-16(18)21)12-4-3-5-14(8-12)25-6-7-28-20(25)27/h3-5,8-10,17,24H,6-7,11H2,1-2H3,(H2,23,26). The van der Waals surface area contributed by atoms with Crippen LogP contribution in [0.2, 0.25) is 5.02 Å². The zero-order valence-corrected chi connectivity index (χ0v) is 16.5. The number of nitrogens with zero attached hydrogens (tertiary/aromatic N) is 1. The molecule has 0 bridgehead atoms. The Morgan fingerprint density at radius 1 is 1.32 bits per heavy atom. The summed E-state index contributed by atoms with van der Waals surface area (Å²) in [7, 11) is 0. The molecule has 3 N–H and O–H groups in total. The average molecular weight is 400 g/mol. The summed E-state index contributed by atoms with van der Waals surface area (Å²) in [6.07, 6.45) is 0.469. The first-order chi connectivity index (χ1) is 13.3. The molecule has 2 aromatic carbocycles. The number of amides is 2. The Balaban J connectivity index is 1.74. The smallest absolute Gasteiger partial charge is 0.414 e. The third-order valence-corrected chi connectivity index (χ3v) is 5.69. The van der Waals surface area contributed by atoms with Crippen LogP contribution < -0.4 is 16.0 Å². The van der Waals surface area contributed by atoms with E-state index in [0.717, 1.165) is 28.9 Å². The van der Waals surface area contributed by atoms with Gasteiger partial charge in [-0.25, -0.2) is 4.79 Å². The molecule has 2 aromatic rings. The number of primary amides is 1. The second kappa shape index (κ2) is 6.71. The summed E-state index contributed by atoms with van der Waals surface area (Å²) in [6.45, 7) is 5.19. The van der Waals surface area contributed by atoms with E-state index < -0.39 is 5.91 Å². The van der Waals surface area contributed by atoms with Gasteiger partial charge in [-0.2, -0.15) is 0 Å². The van der Waals surface area contributed by atoms with Gasteiger partial charge in [-0.05, 0) is 47.2 Å². The fraction of sp³-hybridized carbons (Fsp3) is 0.333. The zero-order valence-electron chi connectivity index (χ0n) is 15.8. The minimum Gasteiger partial charge on any atom is -0.447 e. The van der Waals surface area contributed by atoms with Gasteiger partial charge < -0.3 is 15.8 Å². The number of benzene rings is 2. The number of fused-ring (bicyclic) bond motifs is 1. The van der Waals surface area contributed by atoms with Gasteiger partial charge in [0.05, 0.1) is 23.8 Å². The summed E-state index contributed by atoms with van der Waals surface area (Å²) in [5.74, 6) is -0.517. The number of hydrogen-bond donors (Lipinski definition) is 2. The van der Waals surface area contributed by atoms with Crippen molar-refractivity contribution in [3.8, 4) is 0 Å². The number of anilines is 2. The molecule has 2 heterocycles. The Morgan fingerprint density at radius 3 is 2.79 bits per heavy atom. The number of hydrogen-bond acceptors (Lipinski definition) is 4. The van der Waals surface area contributed by atoms with Crippen molar-refractivity contribution in [2.75, 3.05) is 23.4 Å². The van der Waals surface area contributed by atoms with Gasteiger partial charge >= 0.3 is 6.09 Å². The minimum absolute atomic E-state index is 0.0413. The lowest BCUT2D eigenvalue weighted by Gasteiger charge is -2.40. The van der Waals surface area contributed by atoms with Crippen molar-refractivity contribution in [2.45, 2.75) is 31.7 Å². The first-order valence-corrected chi connectivity index (χ1v) is 9.59. The first kappa shape index (κ1) is 18.6. The van der Waals surface area contributed by atoms with E-state index in [1.807, 2.05) is 30.3 Å². The van der Waals surface area contributed by atoms with Crippen molar-refractivity contribution in [3.63, 3.8) is 0 Å². The Bertz CT molecular complexity index is 973. The number of halogens is 1. The predicted molar refractivity (Wildman–Crippen MR) is 109 cm³/mol. The van der Waals surface area contributed by atoms with Gasteiger partial charge in [0.1, 0.15) is 6.61 Å². The Morgan fingerprint density at radius 2 is 2.11 bits per heavy atom. The molecule has 2 amide bonds. The molecule has 4 rings (SSSR count). The van der Waals surface area contributed by atoms with Gasteiger partial charge in [0.15, 0.2) is 0 Å². The summed E-state index contributed by atoms with van der Waals surface area (Å²) >= 11 is 6.23. The molecular formula is C21H22ClN3O3. The van der Waals surface area contributed by atoms with E-state index in [-0.39, 0.29) is 17.6 Å². The lowest BCUT2D eigenvalue weighted by Crippen LogP contribution is -2.33. The highest BCUT2D eigenvalue weighted by Gasteiger charge is 2.36. The number of rotatable bonds is 3. The molecule has 1 fully saturated rings. The van der Waals surface area contributed by atoms with E-state index in [1.165, 1.54) is 0 Å². The number of nitrogens with two attached hydrogens (primary N) is 1. The highest BCUT2D eigenvalue weighted by Crippen LogP contribution is 2.46. The third-order valence-electron chi connectivity index (χ3n) is 5.48. The van der Waals surface area contributed by atoms with E-state index >= 15 is 0 Å². The first-order valence-electron chi connectivity index (χ1n) is 9.21. The predicted octanol–water partition coefficient (Wildman–Crippen LogP) is 4.23. The summed E-state index contributed by atoms with van der Waals surface area (Å²) < 4.78 is 5.05. The second-order valence-corrected chi connectivity index (χ2v) is 8.32.